The van der Waals surface area contributed by atoms with Gasteiger partial charge in [0.1, 0.15) is 11.2 Å². The molecule has 0 bridgehead atoms. The van der Waals surface area contributed by atoms with E-state index in [1.165, 1.54) is 25.7 Å². The molecule has 1 saturated heterocycles. The highest BCUT2D eigenvalue weighted by Crippen LogP contribution is 2.42. The van der Waals surface area contributed by atoms with Gasteiger partial charge in [0.25, 0.3) is 0 Å². The predicted molar refractivity (Wildman–Crippen MR) is 217 cm³/mol. The van der Waals surface area contributed by atoms with Gasteiger partial charge in [-0.1, -0.05) is 115 Å². The van der Waals surface area contributed by atoms with E-state index in [2.05, 4.69) is 107 Å². The Morgan fingerprint density at radius 3 is 1.96 bits per heavy atom. The average molecular weight is 708 g/mol. The molecule has 53 heavy (non-hydrogen) atoms. The average Bonchev–Trinajstić information content (AvgIpc) is 3.83. The lowest BCUT2D eigenvalue weighted by atomic mass is 9.78. The number of fused-ring (bicyclic) bond motifs is 6. The molecular formula is C45H34BN3O3S. The minimum atomic E-state index is -0.563. The van der Waals surface area contributed by atoms with Crippen molar-refractivity contribution >= 4 is 66.0 Å². The van der Waals surface area contributed by atoms with Crippen LogP contribution in [0.3, 0.4) is 0 Å². The second-order valence-electron chi connectivity index (χ2n) is 14.6. The van der Waals surface area contributed by atoms with Gasteiger partial charge in [-0.15, -0.1) is 11.3 Å². The number of hydrogen-bond donors (Lipinski definition) is 0. The molecule has 1 aliphatic rings. The van der Waals surface area contributed by atoms with Crippen LogP contribution in [-0.4, -0.2) is 33.3 Å². The highest BCUT2D eigenvalue weighted by atomic mass is 32.1. The third kappa shape index (κ3) is 5.20. The Hall–Kier alpha value is -5.67. The van der Waals surface area contributed by atoms with E-state index in [0.717, 1.165) is 49.7 Å². The second-order valence-corrected chi connectivity index (χ2v) is 15.7. The molecule has 6 aromatic carbocycles. The zero-order valence-corrected chi connectivity index (χ0v) is 30.6. The van der Waals surface area contributed by atoms with E-state index in [1.54, 1.807) is 0 Å². The molecule has 1 fully saturated rings. The van der Waals surface area contributed by atoms with Crippen LogP contribution in [-0.2, 0) is 9.31 Å². The molecule has 3 aromatic heterocycles. The van der Waals surface area contributed by atoms with Crippen molar-refractivity contribution in [2.24, 2.45) is 0 Å². The second kappa shape index (κ2) is 11.9. The number of furan rings is 1. The van der Waals surface area contributed by atoms with Crippen molar-refractivity contribution in [1.82, 2.24) is 15.0 Å². The number of rotatable bonds is 5. The lowest BCUT2D eigenvalue weighted by Gasteiger charge is -2.32. The normalized spacial score (nSPS) is 15.3. The minimum Gasteiger partial charge on any atom is -0.456 e. The van der Waals surface area contributed by atoms with Gasteiger partial charge in [-0.2, -0.15) is 0 Å². The molecule has 9 aromatic rings. The van der Waals surface area contributed by atoms with Crippen LogP contribution in [0.4, 0.5) is 0 Å². The van der Waals surface area contributed by atoms with Crippen molar-refractivity contribution in [3.8, 4) is 45.3 Å². The number of benzene rings is 6. The standard InChI is InChI=1S/C45H34BN3O3S/c1-44(2)45(3,4)52-46(51-44)35-23-12-21-33-38-34(22-13-24-36(38)50-39(33)35)43-48-41(27-14-6-5-7-15-27)47-42(49-43)29-17-10-16-28(26-29)30-19-11-20-32-31-18-8-9-25-37(31)53-40(30)32/h5-26H,1-4H3. The number of para-hydroxylation sites is 1. The molecule has 10 rings (SSSR count). The molecule has 0 N–H and O–H groups in total. The Bertz CT molecular complexity index is 2860. The first-order valence-corrected chi connectivity index (χ1v) is 18.7. The largest absolute Gasteiger partial charge is 0.498 e. The summed E-state index contributed by atoms with van der Waals surface area (Å²) in [7, 11) is -0.563. The summed E-state index contributed by atoms with van der Waals surface area (Å²) in [6, 6.07) is 45.9. The molecule has 256 valence electrons. The fourth-order valence-electron chi connectivity index (χ4n) is 7.35. The van der Waals surface area contributed by atoms with Crippen LogP contribution in [0.1, 0.15) is 27.7 Å². The summed E-state index contributed by atoms with van der Waals surface area (Å²) in [5.74, 6) is 1.77. The molecule has 0 spiro atoms. The van der Waals surface area contributed by atoms with Gasteiger partial charge in [-0.3, -0.25) is 0 Å². The van der Waals surface area contributed by atoms with Gasteiger partial charge >= 0.3 is 7.12 Å². The monoisotopic (exact) mass is 707 g/mol. The SMILES string of the molecule is CC1(C)OB(c2cccc3c2oc2cccc(-c4nc(-c5ccccc5)nc(-c5cccc(-c6cccc7c6sc6ccccc67)c5)n4)c23)OC1(C)C. The molecule has 1 aliphatic heterocycles. The summed E-state index contributed by atoms with van der Waals surface area (Å²) in [5.41, 5.74) is 6.36. The van der Waals surface area contributed by atoms with Crippen LogP contribution >= 0.6 is 11.3 Å². The van der Waals surface area contributed by atoms with E-state index >= 15 is 0 Å². The lowest BCUT2D eigenvalue weighted by molar-refractivity contribution is 0.00578. The maximum Gasteiger partial charge on any atom is 0.498 e. The number of hydrogen-bond acceptors (Lipinski definition) is 7. The Balaban J connectivity index is 1.14. The van der Waals surface area contributed by atoms with Gasteiger partial charge in [-0.25, -0.2) is 15.0 Å². The fourth-order valence-corrected chi connectivity index (χ4v) is 8.59. The first-order chi connectivity index (χ1) is 25.7. The molecule has 6 nitrogen and oxygen atoms in total. The summed E-state index contributed by atoms with van der Waals surface area (Å²) >= 11 is 1.83. The van der Waals surface area contributed by atoms with Crippen LogP contribution in [0.5, 0.6) is 0 Å². The molecule has 8 heteroatoms. The molecule has 0 saturated carbocycles. The van der Waals surface area contributed by atoms with E-state index in [4.69, 9.17) is 28.7 Å². The smallest absolute Gasteiger partial charge is 0.456 e. The van der Waals surface area contributed by atoms with Gasteiger partial charge in [0, 0.05) is 53.1 Å². The summed E-state index contributed by atoms with van der Waals surface area (Å²) in [6.45, 7) is 8.25. The number of aromatic nitrogens is 3. The van der Waals surface area contributed by atoms with Crippen LogP contribution in [0.2, 0.25) is 0 Å². The van der Waals surface area contributed by atoms with Crippen LogP contribution in [0, 0.1) is 0 Å². The third-order valence-corrected chi connectivity index (χ3v) is 12.0. The van der Waals surface area contributed by atoms with Crippen molar-refractivity contribution < 1.29 is 13.7 Å². The first kappa shape index (κ1) is 32.0. The zero-order valence-electron chi connectivity index (χ0n) is 29.8. The van der Waals surface area contributed by atoms with Gasteiger partial charge in [-0.05, 0) is 57.0 Å². The molecule has 0 atom stereocenters. The Kier molecular flexibility index (Phi) is 7.21. The summed E-state index contributed by atoms with van der Waals surface area (Å²) in [6.07, 6.45) is 0. The molecule has 0 unspecified atom stereocenters. The summed E-state index contributed by atoms with van der Waals surface area (Å²) in [4.78, 5) is 15.4. The molecule has 0 amide bonds. The molecule has 0 radical (unpaired) electrons. The highest BCUT2D eigenvalue weighted by molar-refractivity contribution is 7.26. The van der Waals surface area contributed by atoms with Crippen molar-refractivity contribution in [2.75, 3.05) is 0 Å². The number of nitrogens with zero attached hydrogens (tertiary/aromatic N) is 3. The summed E-state index contributed by atoms with van der Waals surface area (Å²) in [5, 5.41) is 4.43. The Morgan fingerprint density at radius 2 is 1.13 bits per heavy atom. The fraction of sp³-hybridized carbons (Fsp3) is 0.133. The van der Waals surface area contributed by atoms with Gasteiger partial charge in [0.15, 0.2) is 17.5 Å². The van der Waals surface area contributed by atoms with Crippen molar-refractivity contribution in [2.45, 2.75) is 38.9 Å². The van der Waals surface area contributed by atoms with Gasteiger partial charge in [0.2, 0.25) is 0 Å². The predicted octanol–water partition coefficient (Wildman–Crippen LogP) is 11.1. The van der Waals surface area contributed by atoms with E-state index < -0.39 is 18.3 Å². The van der Waals surface area contributed by atoms with Crippen molar-refractivity contribution in [3.05, 3.63) is 133 Å². The Labute approximate surface area is 311 Å². The quantitative estimate of drug-likeness (QED) is 0.166. The van der Waals surface area contributed by atoms with Gasteiger partial charge < -0.3 is 13.7 Å². The van der Waals surface area contributed by atoms with Crippen LogP contribution in [0.15, 0.2) is 138 Å². The number of thiophene rings is 1. The first-order valence-electron chi connectivity index (χ1n) is 17.9. The Morgan fingerprint density at radius 1 is 0.528 bits per heavy atom. The maximum atomic E-state index is 6.62. The van der Waals surface area contributed by atoms with Gasteiger partial charge in [0.05, 0.1) is 11.2 Å². The van der Waals surface area contributed by atoms with Crippen LogP contribution < -0.4 is 5.46 Å². The van der Waals surface area contributed by atoms with Crippen molar-refractivity contribution in [1.29, 1.82) is 0 Å². The van der Waals surface area contributed by atoms with E-state index in [1.807, 2.05) is 65.9 Å². The summed E-state index contributed by atoms with van der Waals surface area (Å²) < 4.78 is 22.1. The topological polar surface area (TPSA) is 70.3 Å². The molecule has 4 heterocycles. The maximum absolute atomic E-state index is 6.62. The zero-order chi connectivity index (χ0) is 35.9. The third-order valence-electron chi connectivity index (χ3n) is 10.8. The van der Waals surface area contributed by atoms with E-state index in [0.29, 0.717) is 17.5 Å². The van der Waals surface area contributed by atoms with Crippen LogP contribution in [0.25, 0.3) is 87.4 Å². The minimum absolute atomic E-state index is 0.478. The lowest BCUT2D eigenvalue weighted by Crippen LogP contribution is -2.41. The molecular weight excluding hydrogens is 673 g/mol. The molecule has 0 aliphatic carbocycles. The highest BCUT2D eigenvalue weighted by Gasteiger charge is 2.52. The van der Waals surface area contributed by atoms with Crippen molar-refractivity contribution in [3.63, 3.8) is 0 Å². The van der Waals surface area contributed by atoms with E-state index in [9.17, 15) is 0 Å². The van der Waals surface area contributed by atoms with E-state index in [-0.39, 0.29) is 0 Å².